The molecule has 1 heterocycles. The number of nitrogens with two attached hydrogens (primary N) is 1. The van der Waals surface area contributed by atoms with Crippen molar-refractivity contribution in [1.82, 2.24) is 4.98 Å². The van der Waals surface area contributed by atoms with Crippen LogP contribution < -0.4 is 15.8 Å². The average Bonchev–Trinajstić information content (AvgIpc) is 2.72. The van der Waals surface area contributed by atoms with Crippen LogP contribution in [0.5, 0.6) is 11.5 Å². The molecule has 1 aromatic heterocycles. The monoisotopic (exact) mass is 414 g/mol. The molecule has 3 aromatic rings. The summed E-state index contributed by atoms with van der Waals surface area (Å²) in [7, 11) is 1.71. The third kappa shape index (κ3) is 4.40. The van der Waals surface area contributed by atoms with Gasteiger partial charge < -0.3 is 21.2 Å². The lowest BCUT2D eigenvalue weighted by Crippen LogP contribution is -2.18. The van der Waals surface area contributed by atoms with Crippen LogP contribution in [-0.2, 0) is 6.18 Å². The van der Waals surface area contributed by atoms with Gasteiger partial charge in [0.25, 0.3) is 0 Å². The number of nitrogens with one attached hydrogen (secondary N) is 2. The zero-order valence-corrected chi connectivity index (χ0v) is 15.7. The molecule has 154 valence electrons. The molecular weight excluding hydrogens is 397 g/mol. The number of hydrogen-bond donors (Lipinski definition) is 3. The Hall–Kier alpha value is -3.88. The molecule has 0 bridgehead atoms. The lowest BCUT2D eigenvalue weighted by Gasteiger charge is -2.13. The second kappa shape index (κ2) is 8.24. The Morgan fingerprint density at radius 3 is 2.50 bits per heavy atom. The minimum absolute atomic E-state index is 0.160. The number of carbonyl (C=O) groups excluding carboxylic acids is 1. The molecule has 0 aliphatic carbocycles. The summed E-state index contributed by atoms with van der Waals surface area (Å²) in [6.07, 6.45) is -2.13. The van der Waals surface area contributed by atoms with Crippen LogP contribution in [0.1, 0.15) is 21.5 Å². The summed E-state index contributed by atoms with van der Waals surface area (Å²) in [4.78, 5) is 15.4. The molecule has 0 unspecified atom stereocenters. The number of aromatic nitrogens is 1. The van der Waals surface area contributed by atoms with Crippen molar-refractivity contribution in [3.05, 3.63) is 71.4 Å². The Morgan fingerprint density at radius 1 is 1.13 bits per heavy atom. The molecule has 9 heteroatoms. The quantitative estimate of drug-likeness (QED) is 0.509. The van der Waals surface area contributed by atoms with Crippen molar-refractivity contribution in [2.24, 2.45) is 5.73 Å². The molecule has 0 saturated carbocycles. The Balaban J connectivity index is 1.96. The van der Waals surface area contributed by atoms with Crippen molar-refractivity contribution in [1.29, 1.82) is 5.41 Å². The number of primary amides is 1. The molecule has 0 aliphatic heterocycles. The summed E-state index contributed by atoms with van der Waals surface area (Å²) in [5, 5.41) is 10.3. The van der Waals surface area contributed by atoms with Crippen LogP contribution in [0.3, 0.4) is 0 Å². The number of rotatable bonds is 6. The molecule has 30 heavy (non-hydrogen) atoms. The highest BCUT2D eigenvalue weighted by atomic mass is 19.4. The number of alkyl halides is 3. The normalized spacial score (nSPS) is 11.1. The van der Waals surface area contributed by atoms with Crippen molar-refractivity contribution in [3.8, 4) is 22.8 Å². The van der Waals surface area contributed by atoms with Crippen molar-refractivity contribution in [2.45, 2.75) is 6.18 Å². The van der Waals surface area contributed by atoms with Gasteiger partial charge in [-0.2, -0.15) is 13.2 Å². The number of benzene rings is 2. The number of amides is 1. The summed E-state index contributed by atoms with van der Waals surface area (Å²) in [5.74, 6) is -0.327. The van der Waals surface area contributed by atoms with E-state index in [1.165, 1.54) is 24.5 Å². The number of anilines is 1. The molecule has 0 saturated heterocycles. The number of ether oxygens (including phenoxy) is 1. The molecule has 1 amide bonds. The van der Waals surface area contributed by atoms with Crippen LogP contribution in [0, 0.1) is 5.41 Å². The molecule has 0 spiro atoms. The smallest absolute Gasteiger partial charge is 0.417 e. The number of pyridine rings is 1. The van der Waals surface area contributed by atoms with E-state index in [2.05, 4.69) is 10.3 Å². The predicted octanol–water partition coefficient (Wildman–Crippen LogP) is 4.70. The largest absolute Gasteiger partial charge is 0.457 e. The van der Waals surface area contributed by atoms with Crippen LogP contribution in [0.25, 0.3) is 11.3 Å². The number of halogens is 3. The Morgan fingerprint density at radius 2 is 1.87 bits per heavy atom. The molecule has 0 fully saturated rings. The fourth-order valence-electron chi connectivity index (χ4n) is 2.86. The van der Waals surface area contributed by atoms with E-state index < -0.39 is 23.2 Å². The molecule has 3 rings (SSSR count). The van der Waals surface area contributed by atoms with Gasteiger partial charge in [0.05, 0.1) is 16.8 Å². The topological polar surface area (TPSA) is 101 Å². The Bertz CT molecular complexity index is 1110. The van der Waals surface area contributed by atoms with Gasteiger partial charge in [-0.1, -0.05) is 6.07 Å². The molecule has 0 radical (unpaired) electrons. The minimum Gasteiger partial charge on any atom is -0.457 e. The number of carbonyl (C=O) groups is 1. The molecule has 2 aromatic carbocycles. The molecule has 0 atom stereocenters. The van der Waals surface area contributed by atoms with Gasteiger partial charge >= 0.3 is 6.18 Å². The van der Waals surface area contributed by atoms with Crippen LogP contribution in [0.4, 0.5) is 18.9 Å². The lowest BCUT2D eigenvalue weighted by molar-refractivity contribution is -0.137. The van der Waals surface area contributed by atoms with Crippen molar-refractivity contribution in [2.75, 3.05) is 12.4 Å². The van der Waals surface area contributed by atoms with Crippen molar-refractivity contribution >= 4 is 17.8 Å². The summed E-state index contributed by atoms with van der Waals surface area (Å²) in [6.45, 7) is 0. The average molecular weight is 414 g/mol. The number of nitrogens with zero attached hydrogens (tertiary/aromatic N) is 1. The maximum atomic E-state index is 13.3. The van der Waals surface area contributed by atoms with Gasteiger partial charge in [0.15, 0.2) is 0 Å². The van der Waals surface area contributed by atoms with E-state index in [0.717, 1.165) is 12.1 Å². The maximum Gasteiger partial charge on any atom is 0.417 e. The van der Waals surface area contributed by atoms with Gasteiger partial charge in [-0.05, 0) is 30.3 Å². The first-order chi connectivity index (χ1) is 14.2. The molecule has 4 N–H and O–H groups in total. The first-order valence-corrected chi connectivity index (χ1v) is 8.70. The van der Waals surface area contributed by atoms with E-state index in [9.17, 15) is 18.0 Å². The zero-order chi connectivity index (χ0) is 21.9. The fraction of sp³-hybridized carbons (Fsp3) is 0.0952. The molecular formula is C21H17F3N4O2. The van der Waals surface area contributed by atoms with Crippen LogP contribution >= 0.6 is 0 Å². The van der Waals surface area contributed by atoms with Gasteiger partial charge in [0, 0.05) is 48.4 Å². The predicted molar refractivity (Wildman–Crippen MR) is 107 cm³/mol. The molecule has 6 nitrogen and oxygen atoms in total. The van der Waals surface area contributed by atoms with Crippen LogP contribution in [0.2, 0.25) is 0 Å². The van der Waals surface area contributed by atoms with E-state index in [-0.39, 0.29) is 11.3 Å². The van der Waals surface area contributed by atoms with Gasteiger partial charge in [-0.3, -0.25) is 9.78 Å². The van der Waals surface area contributed by atoms with Gasteiger partial charge in [-0.25, -0.2) is 0 Å². The standard InChI is InChI=1S/C21H17F3N4O2/c1-27-18-9-14(4-2-13(18)11-25)30-15-6-7-28-19(10-15)12-3-5-16(20(26)29)17(8-12)21(22,23)24/h2-11,25,27H,1H3,(H2,26,29). The van der Waals surface area contributed by atoms with E-state index in [1.54, 1.807) is 31.3 Å². The van der Waals surface area contributed by atoms with Crippen LogP contribution in [0.15, 0.2) is 54.7 Å². The van der Waals surface area contributed by atoms with E-state index >= 15 is 0 Å². The summed E-state index contributed by atoms with van der Waals surface area (Å²) in [6, 6.07) is 11.3. The first kappa shape index (κ1) is 20.8. The van der Waals surface area contributed by atoms with E-state index in [0.29, 0.717) is 22.7 Å². The molecule has 0 aliphatic rings. The van der Waals surface area contributed by atoms with E-state index in [1.807, 2.05) is 0 Å². The van der Waals surface area contributed by atoms with Gasteiger partial charge in [0.1, 0.15) is 11.5 Å². The number of hydrogen-bond acceptors (Lipinski definition) is 5. The summed E-state index contributed by atoms with van der Waals surface area (Å²) >= 11 is 0. The summed E-state index contributed by atoms with van der Waals surface area (Å²) < 4.78 is 45.8. The second-order valence-corrected chi connectivity index (χ2v) is 6.24. The second-order valence-electron chi connectivity index (χ2n) is 6.24. The van der Waals surface area contributed by atoms with Crippen molar-refractivity contribution in [3.63, 3.8) is 0 Å². The third-order valence-electron chi connectivity index (χ3n) is 4.30. The first-order valence-electron chi connectivity index (χ1n) is 8.70. The lowest BCUT2D eigenvalue weighted by atomic mass is 10.0. The maximum absolute atomic E-state index is 13.3. The Labute approximate surface area is 170 Å². The van der Waals surface area contributed by atoms with Gasteiger partial charge in [0.2, 0.25) is 5.91 Å². The highest BCUT2D eigenvalue weighted by Gasteiger charge is 2.35. The SMILES string of the molecule is CNc1cc(Oc2ccnc(-c3ccc(C(N)=O)c(C(F)(F)F)c3)c2)ccc1C=N. The zero-order valence-electron chi connectivity index (χ0n) is 15.7. The Kier molecular flexibility index (Phi) is 5.72. The van der Waals surface area contributed by atoms with Gasteiger partial charge in [-0.15, -0.1) is 0 Å². The minimum atomic E-state index is -4.74. The summed E-state index contributed by atoms with van der Waals surface area (Å²) in [5.41, 5.74) is 5.09. The highest BCUT2D eigenvalue weighted by molar-refractivity contribution is 5.95. The fourth-order valence-corrected chi connectivity index (χ4v) is 2.86. The highest BCUT2D eigenvalue weighted by Crippen LogP contribution is 2.35. The third-order valence-corrected chi connectivity index (χ3v) is 4.30. The van der Waals surface area contributed by atoms with Crippen LogP contribution in [-0.4, -0.2) is 24.2 Å². The van der Waals surface area contributed by atoms with E-state index in [4.69, 9.17) is 15.9 Å². The van der Waals surface area contributed by atoms with Crippen molar-refractivity contribution < 1.29 is 22.7 Å².